The molecule has 0 radical (unpaired) electrons. The fraction of sp³-hybridized carbons (Fsp3) is 0.345. The summed E-state index contributed by atoms with van der Waals surface area (Å²) in [6, 6.07) is 20.3. The van der Waals surface area contributed by atoms with Crippen molar-refractivity contribution in [2.45, 2.75) is 38.7 Å². The smallest absolute Gasteiger partial charge is 0.302 e. The molecule has 0 saturated carbocycles. The van der Waals surface area contributed by atoms with Crippen molar-refractivity contribution in [1.29, 1.82) is 0 Å². The van der Waals surface area contributed by atoms with Crippen molar-refractivity contribution in [1.82, 2.24) is 19.4 Å². The van der Waals surface area contributed by atoms with Gasteiger partial charge in [0.15, 0.2) is 0 Å². The summed E-state index contributed by atoms with van der Waals surface area (Å²) in [6.45, 7) is 4.23. The van der Waals surface area contributed by atoms with Gasteiger partial charge in [0.25, 0.3) is 5.56 Å². The van der Waals surface area contributed by atoms with Gasteiger partial charge in [-0.3, -0.25) is 14.5 Å². The summed E-state index contributed by atoms with van der Waals surface area (Å²) in [6.07, 6.45) is 3.24. The molecule has 0 amide bonds. The summed E-state index contributed by atoms with van der Waals surface area (Å²) < 4.78 is 13.5. The molecule has 5 rings (SSSR count). The van der Waals surface area contributed by atoms with E-state index >= 15 is 0 Å². The van der Waals surface area contributed by atoms with Gasteiger partial charge in [-0.1, -0.05) is 60.7 Å². The molecule has 2 atom stereocenters. The first-order valence-electron chi connectivity index (χ1n) is 12.7. The van der Waals surface area contributed by atoms with Crippen LogP contribution in [-0.4, -0.2) is 50.4 Å². The average Bonchev–Trinajstić information content (AvgIpc) is 3.46. The summed E-state index contributed by atoms with van der Waals surface area (Å²) in [4.78, 5) is 34.0. The van der Waals surface area contributed by atoms with Crippen LogP contribution in [0.4, 0.5) is 0 Å². The maximum atomic E-state index is 12.7. The van der Waals surface area contributed by atoms with E-state index in [-0.39, 0.29) is 30.3 Å². The first-order valence-corrected chi connectivity index (χ1v) is 13.9. The maximum Gasteiger partial charge on any atom is 0.302 e. The van der Waals surface area contributed by atoms with E-state index in [9.17, 15) is 9.59 Å². The predicted molar refractivity (Wildman–Crippen MR) is 149 cm³/mol. The zero-order chi connectivity index (χ0) is 26.3. The van der Waals surface area contributed by atoms with E-state index in [0.717, 1.165) is 29.2 Å². The lowest BCUT2D eigenvalue weighted by molar-refractivity contribution is -0.147. The number of nitrogens with zero attached hydrogens (tertiary/aromatic N) is 3. The van der Waals surface area contributed by atoms with E-state index in [1.165, 1.54) is 18.8 Å². The largest absolute Gasteiger partial charge is 0.461 e. The number of thioether (sulfide) groups is 1. The molecule has 1 aliphatic rings. The van der Waals surface area contributed by atoms with Crippen molar-refractivity contribution in [2.24, 2.45) is 5.92 Å². The van der Waals surface area contributed by atoms with Crippen molar-refractivity contribution in [3.8, 4) is 0 Å². The number of esters is 1. The van der Waals surface area contributed by atoms with Crippen LogP contribution in [0, 0.1) is 5.92 Å². The third kappa shape index (κ3) is 6.53. The molecule has 2 aromatic heterocycles. The number of hydrogen-bond acceptors (Lipinski definition) is 7. The number of benzene rings is 2. The first kappa shape index (κ1) is 26.2. The van der Waals surface area contributed by atoms with E-state index < -0.39 is 0 Å². The maximum absolute atomic E-state index is 12.7. The molecule has 198 valence electrons. The molecule has 38 heavy (non-hydrogen) atoms. The molecule has 1 saturated heterocycles. The number of hydrogen-bond donors (Lipinski definition) is 1. The fourth-order valence-electron chi connectivity index (χ4n) is 4.97. The van der Waals surface area contributed by atoms with Crippen LogP contribution in [0.5, 0.6) is 0 Å². The van der Waals surface area contributed by atoms with Crippen LogP contribution in [0.3, 0.4) is 0 Å². The second-order valence-electron chi connectivity index (χ2n) is 9.62. The lowest BCUT2D eigenvalue weighted by Gasteiger charge is -2.17. The van der Waals surface area contributed by atoms with Crippen LogP contribution >= 0.6 is 11.8 Å². The summed E-state index contributed by atoms with van der Waals surface area (Å²) in [7, 11) is 0. The highest BCUT2D eigenvalue weighted by atomic mass is 32.2. The molecule has 1 N–H and O–H groups in total. The number of aromatic nitrogens is 3. The van der Waals surface area contributed by atoms with Gasteiger partial charge in [0, 0.05) is 55.7 Å². The molecule has 0 bridgehead atoms. The van der Waals surface area contributed by atoms with Crippen LogP contribution < -0.4 is 5.56 Å². The highest BCUT2D eigenvalue weighted by Gasteiger charge is 2.35. The predicted octanol–water partition coefficient (Wildman–Crippen LogP) is 4.20. The normalized spacial score (nSPS) is 17.7. The first-order chi connectivity index (χ1) is 18.6. The quantitative estimate of drug-likeness (QED) is 0.290. The van der Waals surface area contributed by atoms with Crippen LogP contribution in [0.2, 0.25) is 0 Å². The number of H-pyrrole nitrogens is 1. The lowest BCUT2D eigenvalue weighted by Crippen LogP contribution is -2.26. The van der Waals surface area contributed by atoms with Crippen LogP contribution in [0.15, 0.2) is 78.0 Å². The van der Waals surface area contributed by atoms with Crippen LogP contribution in [0.1, 0.15) is 23.6 Å². The van der Waals surface area contributed by atoms with Gasteiger partial charge in [-0.2, -0.15) is 11.8 Å². The zero-order valence-corrected chi connectivity index (χ0v) is 22.2. The summed E-state index contributed by atoms with van der Waals surface area (Å²) in [5, 5.41) is 0. The van der Waals surface area contributed by atoms with Crippen molar-refractivity contribution in [3.05, 3.63) is 100 Å². The van der Waals surface area contributed by atoms with Gasteiger partial charge in [-0.15, -0.1) is 0 Å². The Morgan fingerprint density at radius 3 is 2.55 bits per heavy atom. The molecule has 9 heteroatoms. The number of likely N-dealkylation sites (tertiary alicyclic amines) is 1. The fourth-order valence-corrected chi connectivity index (χ4v) is 6.14. The molecular weight excluding hydrogens is 500 g/mol. The van der Waals surface area contributed by atoms with Gasteiger partial charge in [0.05, 0.1) is 12.9 Å². The van der Waals surface area contributed by atoms with Crippen LogP contribution in [-0.2, 0) is 39.9 Å². The molecule has 1 aliphatic heterocycles. The van der Waals surface area contributed by atoms with Crippen LogP contribution in [0.25, 0.3) is 11.0 Å². The van der Waals surface area contributed by atoms with Crippen molar-refractivity contribution >= 4 is 28.8 Å². The second-order valence-corrected chi connectivity index (χ2v) is 10.6. The number of aromatic amines is 1. The second kappa shape index (κ2) is 12.4. The van der Waals surface area contributed by atoms with E-state index in [4.69, 9.17) is 9.47 Å². The molecule has 3 heterocycles. The molecule has 4 aromatic rings. The molecule has 1 fully saturated rings. The van der Waals surface area contributed by atoms with Gasteiger partial charge >= 0.3 is 5.97 Å². The van der Waals surface area contributed by atoms with E-state index in [2.05, 4.69) is 39.1 Å². The van der Waals surface area contributed by atoms with Gasteiger partial charge in [-0.05, 0) is 11.1 Å². The summed E-state index contributed by atoms with van der Waals surface area (Å²) >= 11 is 1.86. The monoisotopic (exact) mass is 532 g/mol. The lowest BCUT2D eigenvalue weighted by atomic mass is 10.1. The Kier molecular flexibility index (Phi) is 8.58. The highest BCUT2D eigenvalue weighted by molar-refractivity contribution is 7.98. The zero-order valence-electron chi connectivity index (χ0n) is 21.4. The Balaban J connectivity index is 1.27. The SMILES string of the molecule is CC(=O)O[C@H]1CN(Cc2cn(COCc3ccccc3)c3c(=O)[nH]cnc23)C[C@@H]1CSCc1ccccc1. The standard InChI is InChI=1S/C29H32N4O4S/c1-21(34)37-26-15-32(13-25(26)18-38-17-23-10-6-3-7-11-23)12-24-14-33(28-27(24)30-19-31-29(28)35)20-36-16-22-8-4-2-5-9-22/h2-11,14,19,25-26H,12-13,15-18,20H2,1H3,(H,30,31,35)/t25-,26+/m1/s1. The minimum atomic E-state index is -0.254. The Labute approximate surface area is 226 Å². The Morgan fingerprint density at radius 2 is 1.82 bits per heavy atom. The number of carbonyl (C=O) groups is 1. The third-order valence-corrected chi connectivity index (χ3v) is 7.89. The summed E-state index contributed by atoms with van der Waals surface area (Å²) in [5.41, 5.74) is 4.28. The van der Waals surface area contributed by atoms with Crippen molar-refractivity contribution < 1.29 is 14.3 Å². The van der Waals surface area contributed by atoms with Crippen molar-refractivity contribution in [3.63, 3.8) is 0 Å². The minimum Gasteiger partial charge on any atom is -0.461 e. The number of carbonyl (C=O) groups excluding carboxylic acids is 1. The molecular formula is C29H32N4O4S. The number of fused-ring (bicyclic) bond motifs is 1. The molecule has 8 nitrogen and oxygen atoms in total. The third-order valence-electron chi connectivity index (χ3n) is 6.69. The van der Waals surface area contributed by atoms with E-state index in [0.29, 0.717) is 30.7 Å². The minimum absolute atomic E-state index is 0.158. The van der Waals surface area contributed by atoms with Crippen molar-refractivity contribution in [2.75, 3.05) is 18.8 Å². The highest BCUT2D eigenvalue weighted by Crippen LogP contribution is 2.28. The molecule has 2 aromatic carbocycles. The Bertz CT molecular complexity index is 1410. The molecule has 0 unspecified atom stereocenters. The topological polar surface area (TPSA) is 89.5 Å². The Hall–Kier alpha value is -3.40. The van der Waals surface area contributed by atoms with Gasteiger partial charge in [0.2, 0.25) is 0 Å². The van der Waals surface area contributed by atoms with Gasteiger partial charge in [-0.25, -0.2) is 4.98 Å². The molecule has 0 spiro atoms. The van der Waals surface area contributed by atoms with E-state index in [1.54, 1.807) is 0 Å². The van der Waals surface area contributed by atoms with E-state index in [1.807, 2.05) is 58.9 Å². The van der Waals surface area contributed by atoms with Gasteiger partial charge < -0.3 is 19.0 Å². The summed E-state index contributed by atoms with van der Waals surface area (Å²) in [5.74, 6) is 1.80. The number of rotatable bonds is 11. The number of ether oxygens (including phenoxy) is 2. The van der Waals surface area contributed by atoms with Gasteiger partial charge in [0.1, 0.15) is 23.9 Å². The molecule has 0 aliphatic carbocycles. The number of nitrogens with one attached hydrogen (secondary N) is 1. The Morgan fingerprint density at radius 1 is 1.08 bits per heavy atom. The average molecular weight is 533 g/mol.